The first-order valence-electron chi connectivity index (χ1n) is 6.90. The van der Waals surface area contributed by atoms with Gasteiger partial charge in [0.2, 0.25) is 5.91 Å². The van der Waals surface area contributed by atoms with Gasteiger partial charge in [0.15, 0.2) is 0 Å². The van der Waals surface area contributed by atoms with E-state index >= 15 is 0 Å². The Balaban J connectivity index is 1.87. The van der Waals surface area contributed by atoms with Crippen LogP contribution >= 0.6 is 11.6 Å². The molecule has 0 heterocycles. The number of likely N-dealkylation sites (N-methyl/N-ethyl adjacent to an activating group) is 1. The zero-order valence-electron chi connectivity index (χ0n) is 11.9. The van der Waals surface area contributed by atoms with Gasteiger partial charge in [-0.3, -0.25) is 4.79 Å². The van der Waals surface area contributed by atoms with Crippen LogP contribution < -0.4 is 0 Å². The van der Waals surface area contributed by atoms with E-state index in [0.717, 1.165) is 24.9 Å². The second-order valence-corrected chi connectivity index (χ2v) is 6.42. The summed E-state index contributed by atoms with van der Waals surface area (Å²) in [7, 11) is 1.89. The van der Waals surface area contributed by atoms with Crippen molar-refractivity contribution >= 4 is 17.5 Å². The Morgan fingerprint density at radius 1 is 1.32 bits per heavy atom. The van der Waals surface area contributed by atoms with Crippen molar-refractivity contribution in [3.63, 3.8) is 0 Å². The third-order valence-corrected chi connectivity index (χ3v) is 4.42. The predicted octanol–water partition coefficient (Wildman–Crippen LogP) is 3.32. The predicted molar refractivity (Wildman–Crippen MR) is 79.6 cm³/mol. The van der Waals surface area contributed by atoms with E-state index in [1.165, 1.54) is 11.1 Å². The summed E-state index contributed by atoms with van der Waals surface area (Å²) in [6, 6.07) is 6.24. The number of hydrogen-bond donors (Lipinski definition) is 0. The van der Waals surface area contributed by atoms with Gasteiger partial charge in [-0.2, -0.15) is 0 Å². The van der Waals surface area contributed by atoms with Crippen molar-refractivity contribution in [2.24, 2.45) is 5.92 Å². The molecular weight excluding hydrogens is 258 g/mol. The fourth-order valence-electron chi connectivity index (χ4n) is 2.52. The molecule has 0 bridgehead atoms. The van der Waals surface area contributed by atoms with E-state index in [1.807, 2.05) is 18.0 Å². The summed E-state index contributed by atoms with van der Waals surface area (Å²) in [4.78, 5) is 14.0. The van der Waals surface area contributed by atoms with Crippen LogP contribution in [0.15, 0.2) is 18.2 Å². The van der Waals surface area contributed by atoms with Gasteiger partial charge in [0, 0.05) is 19.0 Å². The zero-order valence-corrected chi connectivity index (χ0v) is 12.7. The van der Waals surface area contributed by atoms with Crippen molar-refractivity contribution in [2.75, 3.05) is 13.6 Å². The van der Waals surface area contributed by atoms with Crippen LogP contribution in [-0.2, 0) is 11.2 Å². The van der Waals surface area contributed by atoms with E-state index in [-0.39, 0.29) is 5.91 Å². The van der Waals surface area contributed by atoms with E-state index < -0.39 is 0 Å². The van der Waals surface area contributed by atoms with Crippen molar-refractivity contribution < 1.29 is 4.79 Å². The molecular formula is C16H22ClNO. The van der Waals surface area contributed by atoms with Crippen molar-refractivity contribution in [3.8, 4) is 0 Å². The number of alkyl halides is 1. The quantitative estimate of drug-likeness (QED) is 0.774. The largest absolute Gasteiger partial charge is 0.345 e. The van der Waals surface area contributed by atoms with Gasteiger partial charge in [-0.05, 0) is 49.3 Å². The lowest BCUT2D eigenvalue weighted by Gasteiger charge is -2.34. The minimum atomic E-state index is 0.196. The number of rotatable bonds is 4. The highest BCUT2D eigenvalue weighted by Crippen LogP contribution is 2.32. The summed E-state index contributed by atoms with van der Waals surface area (Å²) in [5.41, 5.74) is 3.62. The van der Waals surface area contributed by atoms with Gasteiger partial charge in [0.25, 0.3) is 0 Å². The zero-order chi connectivity index (χ0) is 14.0. The molecule has 1 aromatic rings. The summed E-state index contributed by atoms with van der Waals surface area (Å²) in [6.07, 6.45) is 2.58. The molecule has 0 unspecified atom stereocenters. The summed E-state index contributed by atoms with van der Waals surface area (Å²) in [6.45, 7) is 5.02. The summed E-state index contributed by atoms with van der Waals surface area (Å²) in [5.74, 6) is 0.789. The van der Waals surface area contributed by atoms with Crippen molar-refractivity contribution in [2.45, 2.75) is 38.5 Å². The summed E-state index contributed by atoms with van der Waals surface area (Å²) >= 11 is 5.97. The molecule has 2 rings (SSSR count). The lowest BCUT2D eigenvalue weighted by Crippen LogP contribution is -2.38. The second-order valence-electron chi connectivity index (χ2n) is 5.80. The van der Waals surface area contributed by atoms with Crippen LogP contribution in [0.2, 0.25) is 0 Å². The molecule has 0 radical (unpaired) electrons. The number of halogens is 1. The second kappa shape index (κ2) is 5.96. The Hall–Kier alpha value is -1.02. The lowest BCUT2D eigenvalue weighted by molar-refractivity contribution is -0.130. The molecule has 1 aliphatic carbocycles. The van der Waals surface area contributed by atoms with Gasteiger partial charge >= 0.3 is 0 Å². The van der Waals surface area contributed by atoms with E-state index in [0.29, 0.717) is 17.7 Å². The molecule has 19 heavy (non-hydrogen) atoms. The Labute approximate surface area is 120 Å². The Kier molecular flexibility index (Phi) is 4.51. The van der Waals surface area contributed by atoms with E-state index in [1.54, 1.807) is 0 Å². The number of hydrogen-bond acceptors (Lipinski definition) is 1. The standard InChI is InChI=1S/C16H22ClNO/c1-11-4-5-13(6-12(11)2)9-16(19)18(3)10-14-7-15(17)8-14/h4-6,14-15H,7-10H2,1-3H3. The maximum Gasteiger partial charge on any atom is 0.226 e. The van der Waals surface area contributed by atoms with Gasteiger partial charge in [-0.15, -0.1) is 11.6 Å². The first kappa shape index (κ1) is 14.4. The molecule has 0 N–H and O–H groups in total. The average molecular weight is 280 g/mol. The topological polar surface area (TPSA) is 20.3 Å². The molecule has 0 aliphatic heterocycles. The van der Waals surface area contributed by atoms with Gasteiger partial charge in [0.05, 0.1) is 6.42 Å². The number of amides is 1. The number of aryl methyl sites for hydroxylation is 2. The van der Waals surface area contributed by atoms with Crippen LogP contribution in [0.25, 0.3) is 0 Å². The van der Waals surface area contributed by atoms with Crippen LogP contribution in [0.5, 0.6) is 0 Å². The monoisotopic (exact) mass is 279 g/mol. The molecule has 2 nitrogen and oxygen atoms in total. The van der Waals surface area contributed by atoms with Crippen LogP contribution in [0.3, 0.4) is 0 Å². The SMILES string of the molecule is Cc1ccc(CC(=O)N(C)CC2CC(Cl)C2)cc1C. The smallest absolute Gasteiger partial charge is 0.226 e. The highest BCUT2D eigenvalue weighted by molar-refractivity contribution is 6.21. The molecule has 3 heteroatoms. The molecule has 1 saturated carbocycles. The van der Waals surface area contributed by atoms with E-state index in [9.17, 15) is 4.79 Å². The van der Waals surface area contributed by atoms with Crippen LogP contribution in [0, 0.1) is 19.8 Å². The number of benzene rings is 1. The Morgan fingerprint density at radius 3 is 2.58 bits per heavy atom. The van der Waals surface area contributed by atoms with Crippen molar-refractivity contribution in [1.82, 2.24) is 4.90 Å². The van der Waals surface area contributed by atoms with E-state index in [2.05, 4.69) is 26.0 Å². The van der Waals surface area contributed by atoms with Crippen molar-refractivity contribution in [3.05, 3.63) is 34.9 Å². The number of nitrogens with zero attached hydrogens (tertiary/aromatic N) is 1. The third kappa shape index (κ3) is 3.73. The fraction of sp³-hybridized carbons (Fsp3) is 0.562. The maximum absolute atomic E-state index is 12.2. The molecule has 0 saturated heterocycles. The Morgan fingerprint density at radius 2 is 2.00 bits per heavy atom. The normalized spacial score (nSPS) is 21.9. The first-order valence-corrected chi connectivity index (χ1v) is 7.33. The first-order chi connectivity index (χ1) is 8.95. The molecule has 104 valence electrons. The molecule has 0 spiro atoms. The minimum Gasteiger partial charge on any atom is -0.345 e. The summed E-state index contributed by atoms with van der Waals surface area (Å²) in [5, 5.41) is 0.327. The van der Waals surface area contributed by atoms with Crippen LogP contribution in [0.4, 0.5) is 0 Å². The van der Waals surface area contributed by atoms with Gasteiger partial charge in [-0.1, -0.05) is 18.2 Å². The Bertz CT molecular complexity index is 466. The van der Waals surface area contributed by atoms with Gasteiger partial charge < -0.3 is 4.90 Å². The highest BCUT2D eigenvalue weighted by Gasteiger charge is 2.29. The highest BCUT2D eigenvalue weighted by atomic mass is 35.5. The van der Waals surface area contributed by atoms with Crippen LogP contribution in [0.1, 0.15) is 29.5 Å². The van der Waals surface area contributed by atoms with Gasteiger partial charge in [-0.25, -0.2) is 0 Å². The molecule has 1 fully saturated rings. The fourth-order valence-corrected chi connectivity index (χ4v) is 3.02. The minimum absolute atomic E-state index is 0.196. The third-order valence-electron chi connectivity index (χ3n) is 4.06. The molecule has 1 aliphatic rings. The van der Waals surface area contributed by atoms with E-state index in [4.69, 9.17) is 11.6 Å². The average Bonchev–Trinajstić information content (AvgIpc) is 2.31. The molecule has 0 atom stereocenters. The molecule has 1 aromatic carbocycles. The number of carbonyl (C=O) groups excluding carboxylic acids is 1. The van der Waals surface area contributed by atoms with Gasteiger partial charge in [0.1, 0.15) is 0 Å². The van der Waals surface area contributed by atoms with Crippen molar-refractivity contribution in [1.29, 1.82) is 0 Å². The maximum atomic E-state index is 12.2. The van der Waals surface area contributed by atoms with Crippen LogP contribution in [-0.4, -0.2) is 29.8 Å². The molecule has 1 amide bonds. The molecule has 0 aromatic heterocycles. The number of carbonyl (C=O) groups is 1. The lowest BCUT2D eigenvalue weighted by atomic mass is 9.84. The summed E-state index contributed by atoms with van der Waals surface area (Å²) < 4.78 is 0.